The topological polar surface area (TPSA) is 136 Å². The summed E-state index contributed by atoms with van der Waals surface area (Å²) in [5.41, 5.74) is 2.07. The molecular weight excluding hydrogens is 384 g/mol. The van der Waals surface area contributed by atoms with E-state index >= 15 is 0 Å². The standard InChI is InChI=1S/C18H16N4O5S/c1-11-3-4-13(10-17(11)22(24)25)9-16-12(2)20-21(18(16)23)14-5-7-15(8-6-14)28(19,26)27/h3-10H,1-2H3,(H2,19,26,27)/b16-9-. The molecule has 0 unspecified atom stereocenters. The zero-order chi connectivity index (χ0) is 20.6. The molecule has 1 aliphatic rings. The van der Waals surface area contributed by atoms with Gasteiger partial charge in [0, 0.05) is 11.6 Å². The lowest BCUT2D eigenvalue weighted by atomic mass is 10.0. The molecule has 0 radical (unpaired) electrons. The van der Waals surface area contributed by atoms with Crippen molar-refractivity contribution in [1.82, 2.24) is 0 Å². The van der Waals surface area contributed by atoms with Crippen LogP contribution in [0.15, 0.2) is 58.0 Å². The molecule has 3 rings (SSSR count). The number of nitrogens with zero attached hydrogens (tertiary/aromatic N) is 3. The molecule has 0 atom stereocenters. The van der Waals surface area contributed by atoms with Crippen molar-refractivity contribution in [1.29, 1.82) is 0 Å². The van der Waals surface area contributed by atoms with Gasteiger partial charge in [0.1, 0.15) is 0 Å². The monoisotopic (exact) mass is 400 g/mol. The van der Waals surface area contributed by atoms with E-state index in [0.29, 0.717) is 22.5 Å². The number of primary sulfonamides is 1. The fourth-order valence-corrected chi connectivity index (χ4v) is 3.23. The second kappa shape index (κ2) is 6.98. The number of amides is 1. The first-order valence-electron chi connectivity index (χ1n) is 8.07. The maximum Gasteiger partial charge on any atom is 0.280 e. The highest BCUT2D eigenvalue weighted by molar-refractivity contribution is 7.89. The largest absolute Gasteiger partial charge is 0.280 e. The minimum atomic E-state index is -3.84. The number of rotatable bonds is 4. The summed E-state index contributed by atoms with van der Waals surface area (Å²) >= 11 is 0. The highest BCUT2D eigenvalue weighted by atomic mass is 32.2. The van der Waals surface area contributed by atoms with Crippen LogP contribution in [-0.4, -0.2) is 25.0 Å². The molecule has 0 bridgehead atoms. The van der Waals surface area contributed by atoms with Crippen molar-refractivity contribution in [3.05, 3.63) is 69.3 Å². The molecule has 144 valence electrons. The van der Waals surface area contributed by atoms with Gasteiger partial charge in [0.15, 0.2) is 0 Å². The van der Waals surface area contributed by atoms with Crippen molar-refractivity contribution in [2.24, 2.45) is 10.2 Å². The highest BCUT2D eigenvalue weighted by Gasteiger charge is 2.29. The fourth-order valence-electron chi connectivity index (χ4n) is 2.72. The van der Waals surface area contributed by atoms with Crippen LogP contribution >= 0.6 is 0 Å². The van der Waals surface area contributed by atoms with E-state index < -0.39 is 20.9 Å². The first-order valence-corrected chi connectivity index (χ1v) is 9.62. The molecule has 28 heavy (non-hydrogen) atoms. The van der Waals surface area contributed by atoms with Crippen LogP contribution in [0.3, 0.4) is 0 Å². The summed E-state index contributed by atoms with van der Waals surface area (Å²) in [6.07, 6.45) is 1.53. The molecule has 9 nitrogen and oxygen atoms in total. The lowest BCUT2D eigenvalue weighted by Crippen LogP contribution is -2.21. The van der Waals surface area contributed by atoms with Crippen LogP contribution in [0.1, 0.15) is 18.1 Å². The highest BCUT2D eigenvalue weighted by Crippen LogP contribution is 2.27. The van der Waals surface area contributed by atoms with Crippen molar-refractivity contribution < 1.29 is 18.1 Å². The number of nitro benzene ring substituents is 1. The molecular formula is C18H16N4O5S. The SMILES string of the molecule is CC1=NN(c2ccc(S(N)(=O)=O)cc2)C(=O)/C1=C\c1ccc(C)c([N+](=O)[O-])c1. The number of anilines is 1. The van der Waals surface area contributed by atoms with Crippen molar-refractivity contribution in [3.63, 3.8) is 0 Å². The number of benzene rings is 2. The van der Waals surface area contributed by atoms with Crippen LogP contribution in [-0.2, 0) is 14.8 Å². The summed E-state index contributed by atoms with van der Waals surface area (Å²) < 4.78 is 22.7. The third-order valence-electron chi connectivity index (χ3n) is 4.21. The molecule has 0 spiro atoms. The second-order valence-corrected chi connectivity index (χ2v) is 7.76. The van der Waals surface area contributed by atoms with E-state index in [1.165, 1.54) is 36.4 Å². The van der Waals surface area contributed by atoms with Crippen LogP contribution in [0.25, 0.3) is 6.08 Å². The van der Waals surface area contributed by atoms with E-state index in [2.05, 4.69) is 5.10 Å². The molecule has 0 saturated heterocycles. The third-order valence-corrected chi connectivity index (χ3v) is 5.14. The van der Waals surface area contributed by atoms with E-state index in [1.54, 1.807) is 26.0 Å². The maximum atomic E-state index is 12.8. The summed E-state index contributed by atoms with van der Waals surface area (Å²) in [7, 11) is -3.84. The Hall–Kier alpha value is -3.37. The number of sulfonamides is 1. The predicted octanol–water partition coefficient (Wildman–Crippen LogP) is 2.36. The lowest BCUT2D eigenvalue weighted by molar-refractivity contribution is -0.385. The van der Waals surface area contributed by atoms with Crippen molar-refractivity contribution >= 4 is 39.1 Å². The van der Waals surface area contributed by atoms with Gasteiger partial charge >= 0.3 is 0 Å². The van der Waals surface area contributed by atoms with Gasteiger partial charge in [-0.15, -0.1) is 0 Å². The Balaban J connectivity index is 1.94. The Morgan fingerprint density at radius 3 is 2.36 bits per heavy atom. The average Bonchev–Trinajstić information content (AvgIpc) is 2.90. The van der Waals surface area contributed by atoms with Gasteiger partial charge in [-0.3, -0.25) is 14.9 Å². The number of carbonyl (C=O) groups is 1. The van der Waals surface area contributed by atoms with E-state index in [9.17, 15) is 23.3 Å². The summed E-state index contributed by atoms with van der Waals surface area (Å²) in [6.45, 7) is 3.28. The fraction of sp³-hybridized carbons (Fsp3) is 0.111. The summed E-state index contributed by atoms with van der Waals surface area (Å²) in [5, 5.41) is 21.5. The normalized spacial score (nSPS) is 15.8. The zero-order valence-corrected chi connectivity index (χ0v) is 15.8. The average molecular weight is 400 g/mol. The van der Waals surface area contributed by atoms with Crippen LogP contribution in [0.2, 0.25) is 0 Å². The number of hydrazone groups is 1. The molecule has 0 aromatic heterocycles. The van der Waals surface area contributed by atoms with E-state index in [-0.39, 0.29) is 16.2 Å². The lowest BCUT2D eigenvalue weighted by Gasteiger charge is -2.12. The van der Waals surface area contributed by atoms with E-state index in [1.807, 2.05) is 0 Å². The van der Waals surface area contributed by atoms with Crippen LogP contribution < -0.4 is 10.1 Å². The second-order valence-electron chi connectivity index (χ2n) is 6.20. The third kappa shape index (κ3) is 3.68. The van der Waals surface area contributed by atoms with Crippen molar-refractivity contribution in [2.75, 3.05) is 5.01 Å². The first-order chi connectivity index (χ1) is 13.1. The molecule has 0 aliphatic carbocycles. The minimum absolute atomic E-state index is 0.0372. The summed E-state index contributed by atoms with van der Waals surface area (Å²) in [4.78, 5) is 23.3. The van der Waals surface area contributed by atoms with Gasteiger partial charge in [0.25, 0.3) is 11.6 Å². The van der Waals surface area contributed by atoms with Crippen LogP contribution in [0.4, 0.5) is 11.4 Å². The van der Waals surface area contributed by atoms with Crippen molar-refractivity contribution in [2.45, 2.75) is 18.7 Å². The maximum absolute atomic E-state index is 12.8. The Labute approximate surface area is 161 Å². The summed E-state index contributed by atoms with van der Waals surface area (Å²) in [5.74, 6) is -0.427. The quantitative estimate of drug-likeness (QED) is 0.477. The molecule has 0 saturated carbocycles. The molecule has 1 heterocycles. The van der Waals surface area contributed by atoms with Gasteiger partial charge in [-0.2, -0.15) is 10.1 Å². The molecule has 0 fully saturated rings. The number of carbonyl (C=O) groups excluding carboxylic acids is 1. The molecule has 2 N–H and O–H groups in total. The molecule has 1 aliphatic heterocycles. The minimum Gasteiger partial charge on any atom is -0.267 e. The predicted molar refractivity (Wildman–Crippen MR) is 104 cm³/mol. The van der Waals surface area contributed by atoms with Crippen LogP contribution in [0, 0.1) is 17.0 Å². The molecule has 1 amide bonds. The number of nitrogens with two attached hydrogens (primary N) is 1. The smallest absolute Gasteiger partial charge is 0.267 e. The van der Waals surface area contributed by atoms with Crippen LogP contribution in [0.5, 0.6) is 0 Å². The van der Waals surface area contributed by atoms with E-state index in [0.717, 1.165) is 5.01 Å². The molecule has 10 heteroatoms. The van der Waals surface area contributed by atoms with Gasteiger partial charge in [0.2, 0.25) is 10.0 Å². The van der Waals surface area contributed by atoms with Gasteiger partial charge in [-0.05, 0) is 49.8 Å². The van der Waals surface area contributed by atoms with Gasteiger partial charge in [0.05, 0.1) is 26.8 Å². The van der Waals surface area contributed by atoms with Gasteiger partial charge in [-0.1, -0.05) is 12.1 Å². The number of aryl methyl sites for hydroxylation is 1. The Morgan fingerprint density at radius 2 is 1.79 bits per heavy atom. The number of nitro groups is 1. The molecule has 2 aromatic rings. The Morgan fingerprint density at radius 1 is 1.14 bits per heavy atom. The van der Waals surface area contributed by atoms with Crippen molar-refractivity contribution in [3.8, 4) is 0 Å². The summed E-state index contributed by atoms with van der Waals surface area (Å²) in [6, 6.07) is 10.1. The first kappa shape index (κ1) is 19.4. The zero-order valence-electron chi connectivity index (χ0n) is 15.0. The Bertz CT molecular complexity index is 1150. The van der Waals surface area contributed by atoms with Gasteiger partial charge in [-0.25, -0.2) is 13.6 Å². The van der Waals surface area contributed by atoms with E-state index in [4.69, 9.17) is 5.14 Å². The van der Waals surface area contributed by atoms with Gasteiger partial charge < -0.3 is 0 Å². The molecule has 2 aromatic carbocycles. The number of hydrogen-bond donors (Lipinski definition) is 1. The number of hydrogen-bond acceptors (Lipinski definition) is 6. The Kier molecular flexibility index (Phi) is 4.84.